The Labute approximate surface area is 63.6 Å². The van der Waals surface area contributed by atoms with Crippen molar-refractivity contribution in [3.8, 4) is 0 Å². The highest BCUT2D eigenvalue weighted by atomic mass is 16.3. The fraction of sp³-hybridized carbons (Fsp3) is 1.00. The van der Waals surface area contributed by atoms with Gasteiger partial charge in [-0.25, -0.2) is 0 Å². The first-order chi connectivity index (χ1) is 4.80. The summed E-state index contributed by atoms with van der Waals surface area (Å²) in [6.45, 7) is 7.94. The van der Waals surface area contributed by atoms with E-state index in [0.29, 0.717) is 5.92 Å². The number of β-amino-alcohol motifs (C(OH)–C–C–N with tert-alkyl or cyclic N) is 1. The molecular formula is C8H19NO. The van der Waals surface area contributed by atoms with Crippen LogP contribution in [-0.2, 0) is 0 Å². The fourth-order valence-corrected chi connectivity index (χ4v) is 0.973. The van der Waals surface area contributed by atoms with Crippen LogP contribution in [0.15, 0.2) is 0 Å². The molecule has 10 heavy (non-hydrogen) atoms. The molecule has 0 aromatic rings. The lowest BCUT2D eigenvalue weighted by atomic mass is 9.98. The van der Waals surface area contributed by atoms with Crippen molar-refractivity contribution in [2.75, 3.05) is 13.1 Å². The largest absolute Gasteiger partial charge is 0.392 e. The zero-order valence-corrected chi connectivity index (χ0v) is 7.22. The van der Waals surface area contributed by atoms with Gasteiger partial charge in [0.1, 0.15) is 0 Å². The highest BCUT2D eigenvalue weighted by molar-refractivity contribution is 4.72. The van der Waals surface area contributed by atoms with Gasteiger partial charge in [0, 0.05) is 6.54 Å². The van der Waals surface area contributed by atoms with Crippen LogP contribution < -0.4 is 5.32 Å². The molecule has 2 N–H and O–H groups in total. The Morgan fingerprint density at radius 1 is 1.40 bits per heavy atom. The maximum atomic E-state index is 9.12. The molecule has 0 saturated carbocycles. The SMILES string of the molecule is CC.CC1CCNCC1O. The van der Waals surface area contributed by atoms with Gasteiger partial charge in [0.2, 0.25) is 0 Å². The minimum absolute atomic E-state index is 0.108. The van der Waals surface area contributed by atoms with Crippen LogP contribution in [-0.4, -0.2) is 24.3 Å². The van der Waals surface area contributed by atoms with Gasteiger partial charge in [0.15, 0.2) is 0 Å². The minimum Gasteiger partial charge on any atom is -0.392 e. The molecule has 2 nitrogen and oxygen atoms in total. The predicted octanol–water partition coefficient (Wildman–Crippen LogP) is 1.00. The third-order valence-electron chi connectivity index (χ3n) is 1.79. The van der Waals surface area contributed by atoms with E-state index < -0.39 is 0 Å². The van der Waals surface area contributed by atoms with Crippen molar-refractivity contribution in [1.29, 1.82) is 0 Å². The molecule has 2 unspecified atom stereocenters. The molecule has 0 bridgehead atoms. The molecule has 0 spiro atoms. The van der Waals surface area contributed by atoms with Crippen LogP contribution >= 0.6 is 0 Å². The van der Waals surface area contributed by atoms with Crippen molar-refractivity contribution in [1.82, 2.24) is 5.32 Å². The zero-order valence-electron chi connectivity index (χ0n) is 7.22. The molecule has 0 aromatic carbocycles. The molecule has 1 aliphatic rings. The quantitative estimate of drug-likeness (QED) is 0.533. The summed E-state index contributed by atoms with van der Waals surface area (Å²) in [4.78, 5) is 0. The summed E-state index contributed by atoms with van der Waals surface area (Å²) < 4.78 is 0. The van der Waals surface area contributed by atoms with Crippen LogP contribution in [0.2, 0.25) is 0 Å². The smallest absolute Gasteiger partial charge is 0.0690 e. The normalized spacial score (nSPS) is 32.4. The first-order valence-electron chi connectivity index (χ1n) is 4.19. The summed E-state index contributed by atoms with van der Waals surface area (Å²) in [5.41, 5.74) is 0. The predicted molar refractivity (Wildman–Crippen MR) is 44.0 cm³/mol. The second-order valence-corrected chi connectivity index (χ2v) is 2.54. The van der Waals surface area contributed by atoms with Gasteiger partial charge in [-0.1, -0.05) is 20.8 Å². The number of piperidine rings is 1. The number of hydrogen-bond donors (Lipinski definition) is 2. The average Bonchev–Trinajstić information content (AvgIpc) is 2.00. The van der Waals surface area contributed by atoms with Gasteiger partial charge in [-0.15, -0.1) is 0 Å². The molecule has 1 heterocycles. The van der Waals surface area contributed by atoms with E-state index in [1.807, 2.05) is 13.8 Å². The van der Waals surface area contributed by atoms with Gasteiger partial charge in [0.05, 0.1) is 6.10 Å². The van der Waals surface area contributed by atoms with Crippen LogP contribution in [0.5, 0.6) is 0 Å². The summed E-state index contributed by atoms with van der Waals surface area (Å²) in [6, 6.07) is 0. The number of aliphatic hydroxyl groups excluding tert-OH is 1. The number of rotatable bonds is 0. The lowest BCUT2D eigenvalue weighted by Crippen LogP contribution is -2.39. The van der Waals surface area contributed by atoms with Crippen LogP contribution in [0.25, 0.3) is 0 Å². The Kier molecular flexibility index (Phi) is 5.64. The lowest BCUT2D eigenvalue weighted by molar-refractivity contribution is 0.0915. The van der Waals surface area contributed by atoms with Gasteiger partial charge >= 0.3 is 0 Å². The molecule has 0 radical (unpaired) electrons. The first-order valence-corrected chi connectivity index (χ1v) is 4.19. The van der Waals surface area contributed by atoms with Crippen molar-refractivity contribution in [2.45, 2.75) is 33.3 Å². The van der Waals surface area contributed by atoms with Gasteiger partial charge in [-0.05, 0) is 18.9 Å². The second-order valence-electron chi connectivity index (χ2n) is 2.54. The molecule has 1 saturated heterocycles. The monoisotopic (exact) mass is 145 g/mol. The maximum Gasteiger partial charge on any atom is 0.0690 e. The summed E-state index contributed by atoms with van der Waals surface area (Å²) in [5, 5.41) is 12.2. The Morgan fingerprint density at radius 2 is 2.00 bits per heavy atom. The standard InChI is InChI=1S/C6H13NO.C2H6/c1-5-2-3-7-4-6(5)8;1-2/h5-8H,2-4H2,1H3;1-2H3. The van der Waals surface area contributed by atoms with Crippen molar-refractivity contribution in [3.63, 3.8) is 0 Å². The second kappa shape index (κ2) is 5.69. The van der Waals surface area contributed by atoms with E-state index in [-0.39, 0.29) is 6.10 Å². The van der Waals surface area contributed by atoms with E-state index in [1.54, 1.807) is 0 Å². The van der Waals surface area contributed by atoms with Gasteiger partial charge in [-0.3, -0.25) is 0 Å². The van der Waals surface area contributed by atoms with E-state index in [4.69, 9.17) is 5.11 Å². The highest BCUT2D eigenvalue weighted by Crippen LogP contribution is 2.09. The molecule has 1 fully saturated rings. The van der Waals surface area contributed by atoms with E-state index in [9.17, 15) is 0 Å². The number of nitrogens with one attached hydrogen (secondary N) is 1. The lowest BCUT2D eigenvalue weighted by Gasteiger charge is -2.24. The Balaban J connectivity index is 0.000000371. The molecule has 0 aromatic heterocycles. The summed E-state index contributed by atoms with van der Waals surface area (Å²) in [7, 11) is 0. The molecule has 0 amide bonds. The first kappa shape index (κ1) is 9.92. The van der Waals surface area contributed by atoms with E-state index in [1.165, 1.54) is 0 Å². The average molecular weight is 145 g/mol. The van der Waals surface area contributed by atoms with Crippen molar-refractivity contribution in [3.05, 3.63) is 0 Å². The van der Waals surface area contributed by atoms with Crippen LogP contribution in [0, 0.1) is 5.92 Å². The molecule has 0 aliphatic carbocycles. The van der Waals surface area contributed by atoms with Crippen molar-refractivity contribution in [2.24, 2.45) is 5.92 Å². The third kappa shape index (κ3) is 3.18. The topological polar surface area (TPSA) is 32.3 Å². The fourth-order valence-electron chi connectivity index (χ4n) is 0.973. The number of hydrogen-bond acceptors (Lipinski definition) is 2. The third-order valence-corrected chi connectivity index (χ3v) is 1.79. The molecule has 2 heteroatoms. The summed E-state index contributed by atoms with van der Waals surface area (Å²) >= 11 is 0. The number of aliphatic hydroxyl groups is 1. The summed E-state index contributed by atoms with van der Waals surface area (Å²) in [6.07, 6.45) is 1.00. The highest BCUT2D eigenvalue weighted by Gasteiger charge is 2.16. The summed E-state index contributed by atoms with van der Waals surface area (Å²) in [5.74, 6) is 0.497. The van der Waals surface area contributed by atoms with Crippen molar-refractivity contribution >= 4 is 0 Å². The molecule has 2 atom stereocenters. The molecule has 1 rings (SSSR count). The Bertz CT molecular complexity index is 65.7. The van der Waals surface area contributed by atoms with Gasteiger partial charge < -0.3 is 10.4 Å². The maximum absolute atomic E-state index is 9.12. The molecule has 62 valence electrons. The Hall–Kier alpha value is -0.0800. The van der Waals surface area contributed by atoms with E-state index in [0.717, 1.165) is 19.5 Å². The van der Waals surface area contributed by atoms with Crippen LogP contribution in [0.3, 0.4) is 0 Å². The van der Waals surface area contributed by atoms with Gasteiger partial charge in [0.25, 0.3) is 0 Å². The Morgan fingerprint density at radius 3 is 2.30 bits per heavy atom. The van der Waals surface area contributed by atoms with Crippen molar-refractivity contribution < 1.29 is 5.11 Å². The van der Waals surface area contributed by atoms with Crippen LogP contribution in [0.4, 0.5) is 0 Å². The van der Waals surface area contributed by atoms with Crippen LogP contribution in [0.1, 0.15) is 27.2 Å². The zero-order chi connectivity index (χ0) is 7.98. The van der Waals surface area contributed by atoms with E-state index in [2.05, 4.69) is 12.2 Å². The molecular weight excluding hydrogens is 126 g/mol. The minimum atomic E-state index is -0.108. The molecule has 1 aliphatic heterocycles. The van der Waals surface area contributed by atoms with E-state index >= 15 is 0 Å². The van der Waals surface area contributed by atoms with Gasteiger partial charge in [-0.2, -0.15) is 0 Å².